The van der Waals surface area contributed by atoms with Gasteiger partial charge in [-0.2, -0.15) is 0 Å². The van der Waals surface area contributed by atoms with Gasteiger partial charge < -0.3 is 4.55 Å². The summed E-state index contributed by atoms with van der Waals surface area (Å²) in [5.41, 5.74) is 4.47. The lowest BCUT2D eigenvalue weighted by Crippen LogP contribution is -1.98. The summed E-state index contributed by atoms with van der Waals surface area (Å²) in [6, 6.07) is 25.0. The standard InChI is InChI=1S/C22H17ClN2O2S/c23-19-10-8-18(9-11-19)22-24-21(17-4-2-1-3-5-17)14-25(22)20-12-6-16(7-13-20)15-28(26)27/h1-14H,15H2,(H,26,27)/p-1. The summed E-state index contributed by atoms with van der Waals surface area (Å²) in [5.74, 6) is 0.791. The quantitative estimate of drug-likeness (QED) is 0.425. The molecule has 28 heavy (non-hydrogen) atoms. The second-order valence-corrected chi connectivity index (χ2v) is 7.64. The van der Waals surface area contributed by atoms with E-state index < -0.39 is 11.1 Å². The lowest BCUT2D eigenvalue weighted by atomic mass is 10.2. The fraction of sp³-hybridized carbons (Fsp3) is 0.0455. The van der Waals surface area contributed by atoms with Gasteiger partial charge in [0.1, 0.15) is 5.82 Å². The molecule has 1 atom stereocenters. The van der Waals surface area contributed by atoms with Crippen LogP contribution in [-0.4, -0.2) is 18.3 Å². The van der Waals surface area contributed by atoms with E-state index in [1.165, 1.54) is 0 Å². The van der Waals surface area contributed by atoms with Crippen molar-refractivity contribution in [2.24, 2.45) is 0 Å². The first-order chi connectivity index (χ1) is 13.6. The van der Waals surface area contributed by atoms with Crippen LogP contribution in [0.15, 0.2) is 85.1 Å². The number of benzene rings is 3. The molecule has 4 rings (SSSR count). The molecule has 0 radical (unpaired) electrons. The molecule has 3 aromatic carbocycles. The first-order valence-electron chi connectivity index (χ1n) is 8.66. The average Bonchev–Trinajstić information content (AvgIpc) is 3.15. The molecule has 1 unspecified atom stereocenters. The van der Waals surface area contributed by atoms with Gasteiger partial charge in [0.25, 0.3) is 0 Å². The molecule has 0 amide bonds. The number of imidazole rings is 1. The predicted molar refractivity (Wildman–Crippen MR) is 112 cm³/mol. The van der Waals surface area contributed by atoms with Crippen LogP contribution in [0.4, 0.5) is 0 Å². The highest BCUT2D eigenvalue weighted by Crippen LogP contribution is 2.28. The van der Waals surface area contributed by atoms with Gasteiger partial charge in [-0.25, -0.2) is 4.98 Å². The van der Waals surface area contributed by atoms with Gasteiger partial charge in [0.15, 0.2) is 0 Å². The molecule has 4 aromatic rings. The Morgan fingerprint density at radius 1 is 0.893 bits per heavy atom. The van der Waals surface area contributed by atoms with Gasteiger partial charge in [0, 0.05) is 33.8 Å². The Kier molecular flexibility index (Phi) is 5.39. The van der Waals surface area contributed by atoms with E-state index in [1.807, 2.05) is 89.6 Å². The molecule has 140 valence electrons. The lowest BCUT2D eigenvalue weighted by Gasteiger charge is -2.10. The van der Waals surface area contributed by atoms with Crippen molar-refractivity contribution in [3.63, 3.8) is 0 Å². The second kappa shape index (κ2) is 8.10. The maximum absolute atomic E-state index is 10.9. The highest BCUT2D eigenvalue weighted by molar-refractivity contribution is 7.78. The van der Waals surface area contributed by atoms with Crippen molar-refractivity contribution in [2.75, 3.05) is 0 Å². The Morgan fingerprint density at radius 3 is 2.21 bits per heavy atom. The average molecular weight is 408 g/mol. The number of rotatable bonds is 5. The molecular weight excluding hydrogens is 392 g/mol. The Balaban J connectivity index is 1.81. The third kappa shape index (κ3) is 4.07. The minimum atomic E-state index is -2.11. The molecular formula is C22H16ClN2O2S-. The van der Waals surface area contributed by atoms with Crippen molar-refractivity contribution in [1.29, 1.82) is 0 Å². The van der Waals surface area contributed by atoms with Crippen LogP contribution in [0, 0.1) is 0 Å². The molecule has 1 aromatic heterocycles. The zero-order valence-corrected chi connectivity index (χ0v) is 16.4. The van der Waals surface area contributed by atoms with Crippen LogP contribution < -0.4 is 0 Å². The predicted octanol–water partition coefficient (Wildman–Crippen LogP) is 5.24. The first-order valence-corrected chi connectivity index (χ1v) is 10.3. The maximum Gasteiger partial charge on any atom is 0.145 e. The van der Waals surface area contributed by atoms with Gasteiger partial charge >= 0.3 is 0 Å². The fourth-order valence-corrected chi connectivity index (χ4v) is 3.61. The number of hydrogen-bond acceptors (Lipinski definition) is 3. The van der Waals surface area contributed by atoms with Crippen LogP contribution >= 0.6 is 11.6 Å². The van der Waals surface area contributed by atoms with Crippen LogP contribution in [0.25, 0.3) is 28.3 Å². The SMILES string of the molecule is O=S([O-])Cc1ccc(-n2cc(-c3ccccc3)nc2-c2ccc(Cl)cc2)cc1. The van der Waals surface area contributed by atoms with E-state index in [4.69, 9.17) is 16.6 Å². The number of aromatic nitrogens is 2. The van der Waals surface area contributed by atoms with E-state index in [2.05, 4.69) is 0 Å². The minimum Gasteiger partial charge on any atom is -0.772 e. The van der Waals surface area contributed by atoms with Crippen molar-refractivity contribution in [3.05, 3.63) is 95.6 Å². The second-order valence-electron chi connectivity index (χ2n) is 6.31. The molecule has 0 N–H and O–H groups in total. The van der Waals surface area contributed by atoms with Gasteiger partial charge in [-0.3, -0.25) is 8.78 Å². The molecule has 0 fully saturated rings. The first kappa shape index (κ1) is 18.6. The topological polar surface area (TPSA) is 57.9 Å². The van der Waals surface area contributed by atoms with Crippen LogP contribution in [0.1, 0.15) is 5.56 Å². The van der Waals surface area contributed by atoms with Gasteiger partial charge in [0.05, 0.1) is 5.69 Å². The Morgan fingerprint density at radius 2 is 1.57 bits per heavy atom. The number of halogens is 1. The van der Waals surface area contributed by atoms with Crippen molar-refractivity contribution in [2.45, 2.75) is 5.75 Å². The molecule has 0 saturated carbocycles. The lowest BCUT2D eigenvalue weighted by molar-refractivity contribution is 0.536. The summed E-state index contributed by atoms with van der Waals surface area (Å²) in [4.78, 5) is 4.85. The molecule has 0 aliphatic carbocycles. The molecule has 1 heterocycles. The zero-order valence-electron chi connectivity index (χ0n) is 14.8. The Bertz CT molecular complexity index is 1110. The van der Waals surface area contributed by atoms with E-state index in [1.54, 1.807) is 0 Å². The highest BCUT2D eigenvalue weighted by Gasteiger charge is 2.13. The Labute approximate surface area is 170 Å². The summed E-state index contributed by atoms with van der Waals surface area (Å²) in [6.07, 6.45) is 1.99. The molecule has 0 bridgehead atoms. The number of nitrogens with zero attached hydrogens (tertiary/aromatic N) is 2. The third-order valence-corrected chi connectivity index (χ3v) is 5.20. The summed E-state index contributed by atoms with van der Waals surface area (Å²) in [6.45, 7) is 0. The third-order valence-electron chi connectivity index (χ3n) is 4.38. The largest absolute Gasteiger partial charge is 0.772 e. The number of hydrogen-bond donors (Lipinski definition) is 0. The summed E-state index contributed by atoms with van der Waals surface area (Å²) in [7, 11) is 0. The molecule has 0 aliphatic heterocycles. The van der Waals surface area contributed by atoms with Crippen molar-refractivity contribution < 1.29 is 8.76 Å². The summed E-state index contributed by atoms with van der Waals surface area (Å²) >= 11 is 3.93. The van der Waals surface area contributed by atoms with Crippen molar-refractivity contribution in [3.8, 4) is 28.3 Å². The summed E-state index contributed by atoms with van der Waals surface area (Å²) < 4.78 is 23.9. The van der Waals surface area contributed by atoms with Gasteiger partial charge in [-0.1, -0.05) is 65.1 Å². The van der Waals surface area contributed by atoms with Crippen LogP contribution in [0.5, 0.6) is 0 Å². The van der Waals surface area contributed by atoms with E-state index in [9.17, 15) is 8.76 Å². The van der Waals surface area contributed by atoms with Gasteiger partial charge in [0.2, 0.25) is 0 Å². The van der Waals surface area contributed by atoms with Gasteiger partial charge in [-0.15, -0.1) is 0 Å². The van der Waals surface area contributed by atoms with Crippen LogP contribution in [-0.2, 0) is 16.8 Å². The van der Waals surface area contributed by atoms with Crippen molar-refractivity contribution in [1.82, 2.24) is 9.55 Å². The van der Waals surface area contributed by atoms with E-state index >= 15 is 0 Å². The van der Waals surface area contributed by atoms with E-state index in [-0.39, 0.29) is 5.75 Å². The van der Waals surface area contributed by atoms with Crippen LogP contribution in [0.2, 0.25) is 5.02 Å². The maximum atomic E-state index is 10.9. The highest BCUT2D eigenvalue weighted by atomic mass is 35.5. The fourth-order valence-electron chi connectivity index (χ4n) is 3.02. The minimum absolute atomic E-state index is 0.00349. The normalized spacial score (nSPS) is 12.1. The molecule has 4 nitrogen and oxygen atoms in total. The molecule has 0 aliphatic rings. The molecule has 0 saturated heterocycles. The smallest absolute Gasteiger partial charge is 0.145 e. The van der Waals surface area contributed by atoms with Crippen LogP contribution in [0.3, 0.4) is 0 Å². The van der Waals surface area contributed by atoms with E-state index in [0.29, 0.717) is 5.02 Å². The molecule has 6 heteroatoms. The summed E-state index contributed by atoms with van der Waals surface area (Å²) in [5, 5.41) is 0.667. The van der Waals surface area contributed by atoms with Crippen molar-refractivity contribution >= 4 is 22.7 Å². The van der Waals surface area contributed by atoms with Gasteiger partial charge in [-0.05, 0) is 42.0 Å². The molecule has 0 spiro atoms. The Hall–Kier alpha value is -2.73. The van der Waals surface area contributed by atoms with E-state index in [0.717, 1.165) is 33.9 Å². The monoisotopic (exact) mass is 407 g/mol. The zero-order chi connectivity index (χ0) is 19.5.